The van der Waals surface area contributed by atoms with Gasteiger partial charge in [-0.2, -0.15) is 0 Å². The summed E-state index contributed by atoms with van der Waals surface area (Å²) in [5.41, 5.74) is 0. The summed E-state index contributed by atoms with van der Waals surface area (Å²) in [5.74, 6) is 1.01. The summed E-state index contributed by atoms with van der Waals surface area (Å²) in [6.45, 7) is 12.5. The maximum absolute atomic E-state index is 11.7. The molecule has 1 aliphatic rings. The zero-order valence-corrected chi connectivity index (χ0v) is 16.7. The minimum Gasteiger partial charge on any atom is -0.356 e. The Morgan fingerprint density at radius 1 is 1.17 bits per heavy atom. The van der Waals surface area contributed by atoms with Crippen LogP contribution in [0.4, 0.5) is 0 Å². The van der Waals surface area contributed by atoms with Gasteiger partial charge in [-0.1, -0.05) is 0 Å². The Balaban J connectivity index is 2.23. The monoisotopic (exact) mass is 361 g/mol. The van der Waals surface area contributed by atoms with Crippen LogP contribution in [-0.4, -0.2) is 81.2 Å². The second kappa shape index (κ2) is 10.2. The van der Waals surface area contributed by atoms with Crippen LogP contribution in [0, 0.1) is 0 Å². The van der Waals surface area contributed by atoms with Crippen molar-refractivity contribution in [3.63, 3.8) is 0 Å². The first-order valence-electron chi connectivity index (χ1n) is 8.96. The van der Waals surface area contributed by atoms with Gasteiger partial charge < -0.3 is 10.6 Å². The van der Waals surface area contributed by atoms with Gasteiger partial charge in [0, 0.05) is 51.9 Å². The number of hydrogen-bond acceptors (Lipinski definition) is 4. The third kappa shape index (κ3) is 6.94. The van der Waals surface area contributed by atoms with Gasteiger partial charge in [0.1, 0.15) is 0 Å². The maximum Gasteiger partial charge on any atom is 0.214 e. The first-order chi connectivity index (χ1) is 11.3. The first kappa shape index (κ1) is 21.2. The lowest BCUT2D eigenvalue weighted by molar-refractivity contribution is 0.173. The van der Waals surface area contributed by atoms with Crippen molar-refractivity contribution in [1.29, 1.82) is 0 Å². The van der Waals surface area contributed by atoms with Crippen LogP contribution >= 0.6 is 0 Å². The Morgan fingerprint density at radius 3 is 2.29 bits per heavy atom. The molecule has 0 aromatic heterocycles. The molecule has 24 heavy (non-hydrogen) atoms. The van der Waals surface area contributed by atoms with Gasteiger partial charge in [-0.05, 0) is 40.5 Å². The van der Waals surface area contributed by atoms with Gasteiger partial charge in [0.05, 0.1) is 5.75 Å². The fourth-order valence-corrected chi connectivity index (χ4v) is 4.57. The van der Waals surface area contributed by atoms with Crippen molar-refractivity contribution in [1.82, 2.24) is 19.8 Å². The molecule has 0 radical (unpaired) electrons. The minimum absolute atomic E-state index is 0.280. The van der Waals surface area contributed by atoms with Gasteiger partial charge >= 0.3 is 0 Å². The Kier molecular flexibility index (Phi) is 9.01. The zero-order valence-electron chi connectivity index (χ0n) is 15.9. The SMILES string of the molecule is CN=C(NCCCN(C(C)C)C(C)C)NCCN1CCCS1(=O)=O. The first-order valence-corrected chi connectivity index (χ1v) is 10.6. The van der Waals surface area contributed by atoms with Gasteiger partial charge in [-0.25, -0.2) is 12.7 Å². The Bertz CT molecular complexity index is 483. The van der Waals surface area contributed by atoms with Crippen molar-refractivity contribution in [2.24, 2.45) is 4.99 Å². The van der Waals surface area contributed by atoms with Crippen LogP contribution in [0.2, 0.25) is 0 Å². The lowest BCUT2D eigenvalue weighted by Gasteiger charge is -2.30. The molecule has 1 aliphatic heterocycles. The summed E-state index contributed by atoms with van der Waals surface area (Å²) >= 11 is 0. The zero-order chi connectivity index (χ0) is 18.2. The molecule has 1 saturated heterocycles. The summed E-state index contributed by atoms with van der Waals surface area (Å²) in [6.07, 6.45) is 1.77. The van der Waals surface area contributed by atoms with E-state index in [1.54, 1.807) is 11.4 Å². The molecular formula is C16H35N5O2S. The molecule has 0 bridgehead atoms. The maximum atomic E-state index is 11.7. The molecule has 0 atom stereocenters. The molecule has 0 aromatic carbocycles. The molecule has 0 aromatic rings. The summed E-state index contributed by atoms with van der Waals surface area (Å²) < 4.78 is 25.0. The van der Waals surface area contributed by atoms with Crippen molar-refractivity contribution in [3.05, 3.63) is 0 Å². The average molecular weight is 362 g/mol. The predicted molar refractivity (Wildman–Crippen MR) is 101 cm³/mol. The molecule has 1 heterocycles. The van der Waals surface area contributed by atoms with Gasteiger partial charge in [0.15, 0.2) is 5.96 Å². The highest BCUT2D eigenvalue weighted by molar-refractivity contribution is 7.89. The summed E-state index contributed by atoms with van der Waals surface area (Å²) in [5, 5.41) is 6.48. The van der Waals surface area contributed by atoms with E-state index in [0.29, 0.717) is 31.7 Å². The molecule has 1 rings (SSSR count). The molecule has 0 aliphatic carbocycles. The van der Waals surface area contributed by atoms with Crippen molar-refractivity contribution in [2.45, 2.75) is 52.6 Å². The Hall–Kier alpha value is -0.860. The van der Waals surface area contributed by atoms with E-state index in [0.717, 1.165) is 31.9 Å². The average Bonchev–Trinajstić information content (AvgIpc) is 2.83. The summed E-state index contributed by atoms with van der Waals surface area (Å²) in [6, 6.07) is 1.09. The normalized spacial score (nSPS) is 18.8. The molecular weight excluding hydrogens is 326 g/mol. The van der Waals surface area contributed by atoms with Crippen LogP contribution < -0.4 is 10.6 Å². The molecule has 0 amide bonds. The molecule has 7 nitrogen and oxygen atoms in total. The van der Waals surface area contributed by atoms with E-state index in [2.05, 4.69) is 48.2 Å². The number of aliphatic imine (C=N–C) groups is 1. The van der Waals surface area contributed by atoms with Gasteiger partial charge in [-0.15, -0.1) is 0 Å². The van der Waals surface area contributed by atoms with E-state index in [9.17, 15) is 8.42 Å². The quantitative estimate of drug-likeness (QED) is 0.359. The number of sulfonamides is 1. The van der Waals surface area contributed by atoms with Gasteiger partial charge in [-0.3, -0.25) is 9.89 Å². The smallest absolute Gasteiger partial charge is 0.214 e. The largest absolute Gasteiger partial charge is 0.356 e. The fourth-order valence-electron chi connectivity index (χ4n) is 3.04. The van der Waals surface area contributed by atoms with E-state index in [-0.39, 0.29) is 5.75 Å². The third-order valence-electron chi connectivity index (χ3n) is 4.29. The second-order valence-corrected chi connectivity index (χ2v) is 8.86. The van der Waals surface area contributed by atoms with Crippen molar-refractivity contribution >= 4 is 16.0 Å². The number of hydrogen-bond donors (Lipinski definition) is 2. The van der Waals surface area contributed by atoms with E-state index >= 15 is 0 Å². The van der Waals surface area contributed by atoms with E-state index in [1.807, 2.05) is 0 Å². The van der Waals surface area contributed by atoms with Crippen LogP contribution in [0.3, 0.4) is 0 Å². The number of rotatable bonds is 9. The molecule has 8 heteroatoms. The van der Waals surface area contributed by atoms with Crippen LogP contribution in [0.25, 0.3) is 0 Å². The highest BCUT2D eigenvalue weighted by atomic mass is 32.2. The predicted octanol–water partition coefficient (Wildman–Crippen LogP) is 0.696. The highest BCUT2D eigenvalue weighted by Gasteiger charge is 2.27. The van der Waals surface area contributed by atoms with E-state index in [1.165, 1.54) is 0 Å². The fraction of sp³-hybridized carbons (Fsp3) is 0.938. The molecule has 2 N–H and O–H groups in total. The summed E-state index contributed by atoms with van der Waals surface area (Å²) in [4.78, 5) is 6.66. The standard InChI is InChI=1S/C16H35N5O2S/c1-14(2)21(15(3)4)11-6-8-18-16(17-5)19-9-12-20-10-7-13-24(20,22)23/h14-15H,6-13H2,1-5H3,(H2,17,18,19). The minimum atomic E-state index is -3.01. The van der Waals surface area contributed by atoms with Crippen LogP contribution in [0.5, 0.6) is 0 Å². The van der Waals surface area contributed by atoms with Crippen molar-refractivity contribution in [2.75, 3.05) is 45.5 Å². The molecule has 0 unspecified atom stereocenters. The number of nitrogens with one attached hydrogen (secondary N) is 2. The lowest BCUT2D eigenvalue weighted by atomic mass is 10.2. The Morgan fingerprint density at radius 2 is 1.79 bits per heavy atom. The van der Waals surface area contributed by atoms with E-state index < -0.39 is 10.0 Å². The van der Waals surface area contributed by atoms with Crippen LogP contribution in [-0.2, 0) is 10.0 Å². The van der Waals surface area contributed by atoms with Crippen molar-refractivity contribution in [3.8, 4) is 0 Å². The second-order valence-electron chi connectivity index (χ2n) is 6.77. The van der Waals surface area contributed by atoms with Gasteiger partial charge in [0.2, 0.25) is 10.0 Å². The molecule has 142 valence electrons. The third-order valence-corrected chi connectivity index (χ3v) is 6.25. The molecule has 0 spiro atoms. The topological polar surface area (TPSA) is 77.0 Å². The summed E-state index contributed by atoms with van der Waals surface area (Å²) in [7, 11) is -1.28. The van der Waals surface area contributed by atoms with Crippen LogP contribution in [0.1, 0.15) is 40.5 Å². The van der Waals surface area contributed by atoms with E-state index in [4.69, 9.17) is 0 Å². The number of nitrogens with zero attached hydrogens (tertiary/aromatic N) is 3. The Labute approximate surface area is 147 Å². The molecule has 0 saturated carbocycles. The van der Waals surface area contributed by atoms with Gasteiger partial charge in [0.25, 0.3) is 0 Å². The molecule has 1 fully saturated rings. The van der Waals surface area contributed by atoms with Crippen molar-refractivity contribution < 1.29 is 8.42 Å². The van der Waals surface area contributed by atoms with Crippen LogP contribution in [0.15, 0.2) is 4.99 Å². The number of guanidine groups is 1. The lowest BCUT2D eigenvalue weighted by Crippen LogP contribution is -2.43. The highest BCUT2D eigenvalue weighted by Crippen LogP contribution is 2.11.